The van der Waals surface area contributed by atoms with E-state index in [0.29, 0.717) is 0 Å². The number of hydrogen-bond acceptors (Lipinski definition) is 4. The minimum absolute atomic E-state index is 0.788. The molecule has 0 aliphatic carbocycles. The van der Waals surface area contributed by atoms with Crippen molar-refractivity contribution in [1.29, 1.82) is 0 Å². The van der Waals surface area contributed by atoms with Crippen molar-refractivity contribution >= 4 is 17.3 Å². The molecule has 152 valence electrons. The summed E-state index contributed by atoms with van der Waals surface area (Å²) in [6.45, 7) is 9.54. The number of aromatic nitrogens is 1. The summed E-state index contributed by atoms with van der Waals surface area (Å²) in [6, 6.07) is 8.75. The lowest BCUT2D eigenvalue weighted by molar-refractivity contribution is 0.185. The highest BCUT2D eigenvalue weighted by Crippen LogP contribution is 2.19. The van der Waals surface area contributed by atoms with Crippen LogP contribution in [0.2, 0.25) is 0 Å². The Balaban J connectivity index is 1.48. The monoisotopic (exact) mass is 399 g/mol. The van der Waals surface area contributed by atoms with Crippen LogP contribution in [-0.4, -0.2) is 42.5 Å². The van der Waals surface area contributed by atoms with Crippen molar-refractivity contribution in [1.82, 2.24) is 20.5 Å². The first-order valence-electron chi connectivity index (χ1n) is 10.3. The van der Waals surface area contributed by atoms with Gasteiger partial charge in [-0.1, -0.05) is 31.2 Å². The zero-order valence-corrected chi connectivity index (χ0v) is 18.2. The van der Waals surface area contributed by atoms with Gasteiger partial charge in [0.25, 0.3) is 0 Å². The molecule has 0 atom stereocenters. The number of nitrogens with one attached hydrogen (secondary N) is 2. The van der Waals surface area contributed by atoms with Gasteiger partial charge in [-0.25, -0.2) is 4.98 Å². The van der Waals surface area contributed by atoms with Crippen LogP contribution in [0, 0.1) is 12.8 Å². The van der Waals surface area contributed by atoms with Crippen molar-refractivity contribution in [2.75, 3.05) is 26.7 Å². The molecule has 1 saturated heterocycles. The molecule has 0 saturated carbocycles. The first kappa shape index (κ1) is 20.8. The molecule has 5 nitrogen and oxygen atoms in total. The van der Waals surface area contributed by atoms with Crippen LogP contribution in [0.5, 0.6) is 0 Å². The summed E-state index contributed by atoms with van der Waals surface area (Å²) < 4.78 is 0. The highest BCUT2D eigenvalue weighted by Gasteiger charge is 2.16. The summed E-state index contributed by atoms with van der Waals surface area (Å²) >= 11 is 1.76. The van der Waals surface area contributed by atoms with Crippen molar-refractivity contribution in [2.24, 2.45) is 10.9 Å². The van der Waals surface area contributed by atoms with E-state index in [0.717, 1.165) is 37.9 Å². The van der Waals surface area contributed by atoms with Crippen molar-refractivity contribution in [2.45, 2.75) is 46.2 Å². The van der Waals surface area contributed by atoms with Gasteiger partial charge in [0.15, 0.2) is 5.96 Å². The lowest BCUT2D eigenvalue weighted by atomic mass is 9.98. The summed E-state index contributed by atoms with van der Waals surface area (Å²) in [4.78, 5) is 12.6. The van der Waals surface area contributed by atoms with E-state index in [4.69, 9.17) is 0 Å². The molecule has 6 heteroatoms. The number of rotatable bonds is 7. The fraction of sp³-hybridized carbons (Fsp3) is 0.545. The number of benzene rings is 1. The van der Waals surface area contributed by atoms with E-state index < -0.39 is 0 Å². The number of guanidine groups is 1. The molecule has 2 heterocycles. The van der Waals surface area contributed by atoms with E-state index in [1.165, 1.54) is 46.9 Å². The van der Waals surface area contributed by atoms with Gasteiger partial charge in [-0.3, -0.25) is 9.89 Å². The number of likely N-dealkylation sites (tertiary alicyclic amines) is 1. The molecule has 0 spiro atoms. The fourth-order valence-electron chi connectivity index (χ4n) is 3.55. The second-order valence-corrected chi connectivity index (χ2v) is 9.01. The van der Waals surface area contributed by atoms with E-state index in [1.54, 1.807) is 11.3 Å². The molecular formula is C22H33N5S. The molecule has 1 aliphatic rings. The molecule has 1 fully saturated rings. The van der Waals surface area contributed by atoms with Gasteiger partial charge >= 0.3 is 0 Å². The summed E-state index contributed by atoms with van der Waals surface area (Å²) in [5, 5.41) is 8.03. The minimum Gasteiger partial charge on any atom is -0.356 e. The van der Waals surface area contributed by atoms with Crippen LogP contribution in [0.3, 0.4) is 0 Å². The quantitative estimate of drug-likeness (QED) is 0.552. The van der Waals surface area contributed by atoms with Crippen molar-refractivity contribution in [3.63, 3.8) is 0 Å². The molecule has 1 aliphatic heterocycles. The molecule has 2 aromatic rings. The average Bonchev–Trinajstić information content (AvgIpc) is 3.12. The van der Waals surface area contributed by atoms with Crippen LogP contribution in [0.1, 0.15) is 40.8 Å². The summed E-state index contributed by atoms with van der Waals surface area (Å²) in [6.07, 6.45) is 5.49. The standard InChI is InChI=1S/C22H33N5S/c1-17-9-12-27(13-10-17)16-20-7-5-4-6-19(20)15-26-22(23-3)24-11-8-21-25-14-18(2)28-21/h4-7,14,17H,8-13,15-16H2,1-3H3,(H2,23,24,26). The van der Waals surface area contributed by atoms with Gasteiger partial charge < -0.3 is 10.6 Å². The van der Waals surface area contributed by atoms with Crippen LogP contribution < -0.4 is 10.6 Å². The molecule has 0 radical (unpaired) electrons. The minimum atomic E-state index is 0.788. The van der Waals surface area contributed by atoms with E-state index in [-0.39, 0.29) is 0 Å². The van der Waals surface area contributed by atoms with Gasteiger partial charge in [0.2, 0.25) is 0 Å². The second-order valence-electron chi connectivity index (χ2n) is 7.69. The molecule has 28 heavy (non-hydrogen) atoms. The second kappa shape index (κ2) is 10.6. The Morgan fingerprint density at radius 1 is 1.21 bits per heavy atom. The molecular weight excluding hydrogens is 366 g/mol. The maximum Gasteiger partial charge on any atom is 0.191 e. The first-order chi connectivity index (χ1) is 13.6. The highest BCUT2D eigenvalue weighted by atomic mass is 32.1. The average molecular weight is 400 g/mol. The number of nitrogens with zero attached hydrogens (tertiary/aromatic N) is 3. The van der Waals surface area contributed by atoms with Gasteiger partial charge in [-0.15, -0.1) is 11.3 Å². The van der Waals surface area contributed by atoms with Crippen LogP contribution in [0.25, 0.3) is 0 Å². The molecule has 1 aromatic heterocycles. The Morgan fingerprint density at radius 3 is 2.64 bits per heavy atom. The zero-order valence-electron chi connectivity index (χ0n) is 17.4. The van der Waals surface area contributed by atoms with E-state index >= 15 is 0 Å². The summed E-state index contributed by atoms with van der Waals surface area (Å²) in [5.74, 6) is 1.71. The number of piperidine rings is 1. The molecule has 0 amide bonds. The van der Waals surface area contributed by atoms with Gasteiger partial charge in [0.1, 0.15) is 0 Å². The molecule has 3 rings (SSSR count). The lowest BCUT2D eigenvalue weighted by Crippen LogP contribution is -2.38. The van der Waals surface area contributed by atoms with Crippen LogP contribution in [-0.2, 0) is 19.5 Å². The smallest absolute Gasteiger partial charge is 0.191 e. The normalized spacial score (nSPS) is 16.3. The van der Waals surface area contributed by atoms with Gasteiger partial charge in [-0.05, 0) is 49.9 Å². The van der Waals surface area contributed by atoms with E-state index in [1.807, 2.05) is 13.2 Å². The first-order valence-corrected chi connectivity index (χ1v) is 11.1. The fourth-order valence-corrected chi connectivity index (χ4v) is 4.34. The Morgan fingerprint density at radius 2 is 1.96 bits per heavy atom. The Bertz CT molecular complexity index is 762. The third-order valence-corrected chi connectivity index (χ3v) is 6.33. The largest absolute Gasteiger partial charge is 0.356 e. The maximum atomic E-state index is 4.42. The third-order valence-electron chi connectivity index (χ3n) is 5.36. The summed E-state index contributed by atoms with van der Waals surface area (Å²) in [5.41, 5.74) is 2.76. The molecule has 2 N–H and O–H groups in total. The summed E-state index contributed by atoms with van der Waals surface area (Å²) in [7, 11) is 1.82. The Hall–Kier alpha value is -1.92. The molecule has 0 unspecified atom stereocenters. The van der Waals surface area contributed by atoms with Gasteiger partial charge in [0.05, 0.1) is 5.01 Å². The SMILES string of the molecule is CN=C(NCCc1ncc(C)s1)NCc1ccccc1CN1CCC(C)CC1. The number of aliphatic imine (C=N–C) groups is 1. The molecule has 0 bridgehead atoms. The number of thiazole rings is 1. The van der Waals surface area contributed by atoms with Crippen molar-refractivity contribution in [3.8, 4) is 0 Å². The van der Waals surface area contributed by atoms with Crippen molar-refractivity contribution in [3.05, 3.63) is 51.5 Å². The zero-order chi connectivity index (χ0) is 19.8. The van der Waals surface area contributed by atoms with Crippen LogP contribution >= 0.6 is 11.3 Å². The van der Waals surface area contributed by atoms with Crippen LogP contribution in [0.4, 0.5) is 0 Å². The maximum absolute atomic E-state index is 4.42. The lowest BCUT2D eigenvalue weighted by Gasteiger charge is -2.30. The van der Waals surface area contributed by atoms with E-state index in [9.17, 15) is 0 Å². The van der Waals surface area contributed by atoms with Gasteiger partial charge in [0, 0.05) is 44.2 Å². The topological polar surface area (TPSA) is 52.6 Å². The predicted octanol–water partition coefficient (Wildman–Crippen LogP) is 3.59. The van der Waals surface area contributed by atoms with Crippen LogP contribution in [0.15, 0.2) is 35.5 Å². The van der Waals surface area contributed by atoms with E-state index in [2.05, 4.69) is 63.6 Å². The highest BCUT2D eigenvalue weighted by molar-refractivity contribution is 7.11. The predicted molar refractivity (Wildman–Crippen MR) is 119 cm³/mol. The third kappa shape index (κ3) is 6.31. The number of hydrogen-bond donors (Lipinski definition) is 2. The number of aryl methyl sites for hydroxylation is 1. The Labute approximate surface area is 173 Å². The molecule has 1 aromatic carbocycles. The Kier molecular flexibility index (Phi) is 7.86. The van der Waals surface area contributed by atoms with Gasteiger partial charge in [-0.2, -0.15) is 0 Å². The van der Waals surface area contributed by atoms with Crippen molar-refractivity contribution < 1.29 is 0 Å².